The van der Waals surface area contributed by atoms with E-state index >= 15 is 0 Å². The zero-order chi connectivity index (χ0) is 12.7. The van der Waals surface area contributed by atoms with Crippen LogP contribution in [0.5, 0.6) is 0 Å². The summed E-state index contributed by atoms with van der Waals surface area (Å²) in [7, 11) is 0. The van der Waals surface area contributed by atoms with Gasteiger partial charge >= 0.3 is 6.18 Å². The number of ether oxygens (including phenoxy) is 2. The summed E-state index contributed by atoms with van der Waals surface area (Å²) in [5.74, 6) is 0.358. The van der Waals surface area contributed by atoms with Crippen LogP contribution in [0, 0.1) is 5.92 Å². The predicted octanol–water partition coefficient (Wildman–Crippen LogP) is 2.13. The highest BCUT2D eigenvalue weighted by molar-refractivity contribution is 4.72. The van der Waals surface area contributed by atoms with Crippen LogP contribution in [-0.2, 0) is 9.47 Å². The lowest BCUT2D eigenvalue weighted by atomic mass is 9.88. The number of halogens is 3. The fourth-order valence-corrected chi connectivity index (χ4v) is 1.94. The summed E-state index contributed by atoms with van der Waals surface area (Å²) < 4.78 is 45.0. The second-order valence-electron chi connectivity index (χ2n) is 4.36. The Morgan fingerprint density at radius 2 is 1.71 bits per heavy atom. The first-order chi connectivity index (χ1) is 8.01. The fraction of sp³-hybridized carbons (Fsp3) is 1.00. The second-order valence-corrected chi connectivity index (χ2v) is 4.36. The summed E-state index contributed by atoms with van der Waals surface area (Å²) in [6, 6.07) is 0. The van der Waals surface area contributed by atoms with Crippen molar-refractivity contribution in [1.29, 1.82) is 0 Å². The van der Waals surface area contributed by atoms with Gasteiger partial charge in [-0.15, -0.1) is 0 Å². The molecule has 1 rings (SSSR count). The number of aliphatic hydroxyl groups is 1. The molecule has 1 saturated carbocycles. The van der Waals surface area contributed by atoms with Crippen LogP contribution in [0.1, 0.15) is 25.7 Å². The molecule has 17 heavy (non-hydrogen) atoms. The number of aliphatic hydroxyl groups excluding tert-OH is 1. The fourth-order valence-electron chi connectivity index (χ4n) is 1.94. The maximum Gasteiger partial charge on any atom is 0.411 e. The summed E-state index contributed by atoms with van der Waals surface area (Å²) in [4.78, 5) is 0. The highest BCUT2D eigenvalue weighted by Crippen LogP contribution is 2.25. The lowest BCUT2D eigenvalue weighted by Gasteiger charge is -2.27. The van der Waals surface area contributed by atoms with Crippen LogP contribution >= 0.6 is 0 Å². The average Bonchev–Trinajstić information content (AvgIpc) is 2.28. The first-order valence-corrected chi connectivity index (χ1v) is 5.88. The summed E-state index contributed by atoms with van der Waals surface area (Å²) in [6.45, 7) is -0.834. The van der Waals surface area contributed by atoms with Gasteiger partial charge in [0, 0.05) is 6.61 Å². The third-order valence-corrected chi connectivity index (χ3v) is 2.90. The third-order valence-electron chi connectivity index (χ3n) is 2.90. The Bertz CT molecular complexity index is 201. The van der Waals surface area contributed by atoms with Crippen molar-refractivity contribution in [2.45, 2.75) is 38.0 Å². The summed E-state index contributed by atoms with van der Waals surface area (Å²) >= 11 is 0. The molecule has 0 amide bonds. The monoisotopic (exact) mass is 256 g/mol. The molecule has 0 bridgehead atoms. The molecule has 1 aliphatic carbocycles. The normalized spacial score (nSPS) is 26.1. The minimum absolute atomic E-state index is 0.0283. The van der Waals surface area contributed by atoms with Gasteiger partial charge in [-0.25, -0.2) is 0 Å². The van der Waals surface area contributed by atoms with Crippen molar-refractivity contribution in [1.82, 2.24) is 0 Å². The minimum atomic E-state index is -4.26. The van der Waals surface area contributed by atoms with Crippen LogP contribution in [0.2, 0.25) is 0 Å². The van der Waals surface area contributed by atoms with Gasteiger partial charge in [0.05, 0.1) is 19.3 Å². The second kappa shape index (κ2) is 7.18. The van der Waals surface area contributed by atoms with E-state index in [0.29, 0.717) is 5.92 Å². The van der Waals surface area contributed by atoms with Crippen LogP contribution in [0.3, 0.4) is 0 Å². The van der Waals surface area contributed by atoms with Crippen LogP contribution in [0.25, 0.3) is 0 Å². The van der Waals surface area contributed by atoms with Crippen LogP contribution in [-0.4, -0.2) is 43.8 Å². The number of hydrogen-bond donors (Lipinski definition) is 1. The van der Waals surface area contributed by atoms with Crippen LogP contribution in [0.4, 0.5) is 13.2 Å². The Kier molecular flexibility index (Phi) is 6.22. The molecule has 0 spiro atoms. The number of rotatable bonds is 6. The first-order valence-electron chi connectivity index (χ1n) is 5.88. The van der Waals surface area contributed by atoms with Gasteiger partial charge in [0.25, 0.3) is 0 Å². The Morgan fingerprint density at radius 3 is 2.24 bits per heavy atom. The predicted molar refractivity (Wildman–Crippen MR) is 55.7 cm³/mol. The standard InChI is InChI=1S/C11H19F3O3/c12-11(13,14)8-16-5-6-17-10-3-1-9(7-15)2-4-10/h9-10,15H,1-8H2. The van der Waals surface area contributed by atoms with E-state index in [2.05, 4.69) is 4.74 Å². The number of hydrogen-bond acceptors (Lipinski definition) is 3. The molecule has 0 aromatic carbocycles. The van der Waals surface area contributed by atoms with Gasteiger partial charge in [-0.3, -0.25) is 0 Å². The Hall–Kier alpha value is -0.330. The van der Waals surface area contributed by atoms with Gasteiger partial charge in [-0.05, 0) is 31.6 Å². The molecule has 0 unspecified atom stereocenters. The van der Waals surface area contributed by atoms with E-state index in [0.717, 1.165) is 25.7 Å². The molecule has 0 aromatic rings. The van der Waals surface area contributed by atoms with Crippen molar-refractivity contribution >= 4 is 0 Å². The van der Waals surface area contributed by atoms with E-state index in [1.807, 2.05) is 0 Å². The Balaban J connectivity index is 1.97. The molecule has 102 valence electrons. The van der Waals surface area contributed by atoms with E-state index in [9.17, 15) is 13.2 Å². The van der Waals surface area contributed by atoms with Gasteiger partial charge in [0.2, 0.25) is 0 Å². The van der Waals surface area contributed by atoms with Gasteiger partial charge < -0.3 is 14.6 Å². The van der Waals surface area contributed by atoms with Crippen LogP contribution in [0.15, 0.2) is 0 Å². The SMILES string of the molecule is OCC1CCC(OCCOCC(F)(F)F)CC1. The van der Waals surface area contributed by atoms with E-state index < -0.39 is 12.8 Å². The smallest absolute Gasteiger partial charge is 0.396 e. The molecule has 0 radical (unpaired) electrons. The first kappa shape index (κ1) is 14.7. The summed E-state index contributed by atoms with van der Waals surface area (Å²) in [6.07, 6.45) is -0.587. The quantitative estimate of drug-likeness (QED) is 0.740. The van der Waals surface area contributed by atoms with Crippen LogP contribution < -0.4 is 0 Å². The molecular weight excluding hydrogens is 237 g/mol. The molecule has 0 heterocycles. The lowest BCUT2D eigenvalue weighted by molar-refractivity contribution is -0.177. The zero-order valence-electron chi connectivity index (χ0n) is 9.71. The molecule has 1 N–H and O–H groups in total. The molecule has 1 fully saturated rings. The van der Waals surface area contributed by atoms with Gasteiger partial charge in [0.15, 0.2) is 0 Å². The van der Waals surface area contributed by atoms with E-state index in [4.69, 9.17) is 9.84 Å². The topological polar surface area (TPSA) is 38.7 Å². The van der Waals surface area contributed by atoms with Crippen molar-refractivity contribution in [3.05, 3.63) is 0 Å². The maximum atomic E-state index is 11.7. The molecular formula is C11H19F3O3. The summed E-state index contributed by atoms with van der Waals surface area (Å²) in [5.41, 5.74) is 0. The highest BCUT2D eigenvalue weighted by Gasteiger charge is 2.27. The number of alkyl halides is 3. The molecule has 0 aliphatic heterocycles. The lowest BCUT2D eigenvalue weighted by Crippen LogP contribution is -2.25. The molecule has 3 nitrogen and oxygen atoms in total. The van der Waals surface area contributed by atoms with Crippen molar-refractivity contribution < 1.29 is 27.8 Å². The minimum Gasteiger partial charge on any atom is -0.396 e. The summed E-state index contributed by atoms with van der Waals surface area (Å²) in [5, 5.41) is 8.93. The van der Waals surface area contributed by atoms with Crippen molar-refractivity contribution in [3.8, 4) is 0 Å². The highest BCUT2D eigenvalue weighted by atomic mass is 19.4. The van der Waals surface area contributed by atoms with Crippen molar-refractivity contribution in [2.75, 3.05) is 26.4 Å². The largest absolute Gasteiger partial charge is 0.411 e. The van der Waals surface area contributed by atoms with Gasteiger partial charge in [0.1, 0.15) is 6.61 Å². The van der Waals surface area contributed by atoms with Gasteiger partial charge in [-0.1, -0.05) is 0 Å². The zero-order valence-corrected chi connectivity index (χ0v) is 9.71. The molecule has 0 atom stereocenters. The Labute approximate surface area is 98.9 Å². The third kappa shape index (κ3) is 6.85. The van der Waals surface area contributed by atoms with Crippen molar-refractivity contribution in [3.63, 3.8) is 0 Å². The van der Waals surface area contributed by atoms with E-state index in [1.165, 1.54) is 0 Å². The molecule has 6 heteroatoms. The maximum absolute atomic E-state index is 11.7. The average molecular weight is 256 g/mol. The Morgan fingerprint density at radius 1 is 1.06 bits per heavy atom. The molecule has 0 saturated heterocycles. The van der Waals surface area contributed by atoms with E-state index in [1.54, 1.807) is 0 Å². The van der Waals surface area contributed by atoms with Crippen molar-refractivity contribution in [2.24, 2.45) is 5.92 Å². The van der Waals surface area contributed by atoms with E-state index in [-0.39, 0.29) is 25.9 Å². The molecule has 1 aliphatic rings. The molecule has 0 aromatic heterocycles. The van der Waals surface area contributed by atoms with Gasteiger partial charge in [-0.2, -0.15) is 13.2 Å².